The first kappa shape index (κ1) is 14.2. The van der Waals surface area contributed by atoms with Crippen molar-refractivity contribution in [1.82, 2.24) is 0 Å². The lowest BCUT2D eigenvalue weighted by atomic mass is 10.1. The molecule has 21 heavy (non-hydrogen) atoms. The Morgan fingerprint density at radius 1 is 1.00 bits per heavy atom. The fraction of sp³-hybridized carbons (Fsp3) is 0. The van der Waals surface area contributed by atoms with Crippen molar-refractivity contribution in [3.05, 3.63) is 75.8 Å². The molecule has 2 amide bonds. The first-order valence-corrected chi connectivity index (χ1v) is 5.95. The van der Waals surface area contributed by atoms with Crippen molar-refractivity contribution < 1.29 is 14.6 Å². The minimum Gasteiger partial charge on any atom is -0.366 e. The van der Waals surface area contributed by atoms with Gasteiger partial charge in [-0.15, -0.1) is 0 Å². The maximum Gasteiger partial charge on any atom is 0.319 e. The molecule has 0 heterocycles. The second-order valence-corrected chi connectivity index (χ2v) is 4.10. The normalized spacial score (nSPS) is 9.90. The number of amides is 2. The van der Waals surface area contributed by atoms with E-state index in [4.69, 9.17) is 5.73 Å². The molecule has 2 aromatic rings. The molecule has 0 unspecified atom stereocenters. The van der Waals surface area contributed by atoms with Gasteiger partial charge in [0.1, 0.15) is 5.69 Å². The number of carbonyl (C=O) groups is 2. The standard InChI is InChI=1S/C14H11N3O4/c15-13(18)11-8-4-5-9-12(11)16(17(20)21)14(19)10-6-2-1-3-7-10/h1-9H,(H2,15,18). The van der Waals surface area contributed by atoms with Crippen LogP contribution in [0.2, 0.25) is 0 Å². The van der Waals surface area contributed by atoms with Gasteiger partial charge < -0.3 is 5.73 Å². The Kier molecular flexibility index (Phi) is 3.94. The second-order valence-electron chi connectivity index (χ2n) is 4.10. The second kappa shape index (κ2) is 5.83. The number of hydrazine groups is 1. The zero-order valence-corrected chi connectivity index (χ0v) is 10.8. The molecule has 0 spiro atoms. The van der Waals surface area contributed by atoms with Crippen molar-refractivity contribution in [2.75, 3.05) is 5.01 Å². The number of primary amides is 1. The molecule has 0 fully saturated rings. The van der Waals surface area contributed by atoms with Crippen molar-refractivity contribution in [1.29, 1.82) is 0 Å². The van der Waals surface area contributed by atoms with Gasteiger partial charge in [0.2, 0.25) is 0 Å². The highest BCUT2D eigenvalue weighted by atomic mass is 16.7. The summed E-state index contributed by atoms with van der Waals surface area (Å²) in [5.74, 6) is -1.70. The Bertz CT molecular complexity index is 700. The van der Waals surface area contributed by atoms with Crippen molar-refractivity contribution in [3.8, 4) is 0 Å². The molecule has 0 aromatic heterocycles. The minimum atomic E-state index is -0.878. The smallest absolute Gasteiger partial charge is 0.319 e. The summed E-state index contributed by atoms with van der Waals surface area (Å²) in [4.78, 5) is 34.9. The monoisotopic (exact) mass is 285 g/mol. The van der Waals surface area contributed by atoms with Crippen molar-refractivity contribution >= 4 is 17.5 Å². The number of benzene rings is 2. The zero-order valence-electron chi connectivity index (χ0n) is 10.8. The first-order valence-electron chi connectivity index (χ1n) is 5.95. The maximum atomic E-state index is 12.3. The lowest BCUT2D eigenvalue weighted by Gasteiger charge is -2.14. The molecular formula is C14H11N3O4. The van der Waals surface area contributed by atoms with E-state index in [-0.39, 0.29) is 16.8 Å². The van der Waals surface area contributed by atoms with E-state index in [0.717, 1.165) is 0 Å². The third-order valence-electron chi connectivity index (χ3n) is 2.77. The Morgan fingerprint density at radius 2 is 1.57 bits per heavy atom. The Hall–Kier alpha value is -3.22. The molecule has 0 saturated heterocycles. The molecule has 106 valence electrons. The van der Waals surface area contributed by atoms with Crippen LogP contribution >= 0.6 is 0 Å². The van der Waals surface area contributed by atoms with E-state index in [2.05, 4.69) is 0 Å². The van der Waals surface area contributed by atoms with Crippen LogP contribution in [0.15, 0.2) is 54.6 Å². The van der Waals surface area contributed by atoms with E-state index < -0.39 is 16.8 Å². The topological polar surface area (TPSA) is 107 Å². The van der Waals surface area contributed by atoms with E-state index in [9.17, 15) is 19.7 Å². The van der Waals surface area contributed by atoms with E-state index in [1.54, 1.807) is 18.2 Å². The maximum absolute atomic E-state index is 12.3. The SMILES string of the molecule is NC(=O)c1ccccc1N(C(=O)c1ccccc1)[N+](=O)[O-]. The number of carbonyl (C=O) groups excluding carboxylic acids is 2. The quantitative estimate of drug-likeness (QED) is 0.680. The summed E-state index contributed by atoms with van der Waals surface area (Å²) < 4.78 is 0. The van der Waals surface area contributed by atoms with Gasteiger partial charge in [-0.1, -0.05) is 30.3 Å². The number of rotatable bonds is 4. The summed E-state index contributed by atoms with van der Waals surface area (Å²) in [7, 11) is 0. The first-order chi connectivity index (χ1) is 10.0. The summed E-state index contributed by atoms with van der Waals surface area (Å²) >= 11 is 0. The molecule has 2 rings (SSSR count). The molecule has 2 aromatic carbocycles. The summed E-state index contributed by atoms with van der Waals surface area (Å²) in [6.45, 7) is 0. The zero-order chi connectivity index (χ0) is 15.4. The minimum absolute atomic E-state index is 0.0986. The third kappa shape index (κ3) is 2.86. The number of nitrogens with zero attached hydrogens (tertiary/aromatic N) is 2. The van der Waals surface area contributed by atoms with E-state index in [0.29, 0.717) is 5.01 Å². The molecule has 0 aliphatic heterocycles. The van der Waals surface area contributed by atoms with Crippen LogP contribution in [0.25, 0.3) is 0 Å². The predicted octanol–water partition coefficient (Wildman–Crippen LogP) is 1.62. The van der Waals surface area contributed by atoms with Crippen LogP contribution in [-0.2, 0) is 0 Å². The van der Waals surface area contributed by atoms with Crippen LogP contribution < -0.4 is 10.7 Å². The highest BCUT2D eigenvalue weighted by Crippen LogP contribution is 2.22. The summed E-state index contributed by atoms with van der Waals surface area (Å²) in [6.07, 6.45) is 0. The average molecular weight is 285 g/mol. The molecule has 7 nitrogen and oxygen atoms in total. The molecular weight excluding hydrogens is 274 g/mol. The number of anilines is 1. The molecule has 0 saturated carbocycles. The Balaban J connectivity index is 2.53. The van der Waals surface area contributed by atoms with E-state index in [1.807, 2.05) is 0 Å². The van der Waals surface area contributed by atoms with E-state index in [1.165, 1.54) is 36.4 Å². The van der Waals surface area contributed by atoms with Crippen molar-refractivity contribution in [3.63, 3.8) is 0 Å². The number of hydrogen-bond donors (Lipinski definition) is 1. The summed E-state index contributed by atoms with van der Waals surface area (Å²) in [6, 6.07) is 13.4. The van der Waals surface area contributed by atoms with Crippen LogP contribution in [0.1, 0.15) is 20.7 Å². The fourth-order valence-electron chi connectivity index (χ4n) is 1.84. The van der Waals surface area contributed by atoms with Gasteiger partial charge in [0.05, 0.1) is 5.56 Å². The van der Waals surface area contributed by atoms with Crippen LogP contribution in [-0.4, -0.2) is 16.8 Å². The highest BCUT2D eigenvalue weighted by molar-refractivity contribution is 6.08. The fourth-order valence-corrected chi connectivity index (χ4v) is 1.84. The Labute approximate surface area is 119 Å². The van der Waals surface area contributed by atoms with Crippen LogP contribution in [0.4, 0.5) is 5.69 Å². The highest BCUT2D eigenvalue weighted by Gasteiger charge is 2.31. The van der Waals surface area contributed by atoms with Crippen LogP contribution in [0.3, 0.4) is 0 Å². The van der Waals surface area contributed by atoms with Crippen LogP contribution in [0.5, 0.6) is 0 Å². The predicted molar refractivity (Wildman–Crippen MR) is 75.2 cm³/mol. The largest absolute Gasteiger partial charge is 0.366 e. The summed E-state index contributed by atoms with van der Waals surface area (Å²) in [5.41, 5.74) is 5.06. The van der Waals surface area contributed by atoms with Gasteiger partial charge in [-0.25, -0.2) is 10.1 Å². The van der Waals surface area contributed by atoms with Gasteiger partial charge in [-0.3, -0.25) is 9.59 Å². The number of nitro groups is 1. The molecule has 7 heteroatoms. The van der Waals surface area contributed by atoms with E-state index >= 15 is 0 Å². The lowest BCUT2D eigenvalue weighted by Crippen LogP contribution is -2.37. The molecule has 2 N–H and O–H groups in total. The summed E-state index contributed by atoms with van der Waals surface area (Å²) in [5, 5.41) is 10.7. The average Bonchev–Trinajstić information content (AvgIpc) is 2.48. The van der Waals surface area contributed by atoms with Crippen LogP contribution in [0, 0.1) is 10.1 Å². The van der Waals surface area contributed by atoms with Crippen molar-refractivity contribution in [2.45, 2.75) is 0 Å². The van der Waals surface area contributed by atoms with Gasteiger partial charge >= 0.3 is 5.91 Å². The lowest BCUT2D eigenvalue weighted by molar-refractivity contribution is -0.481. The molecule has 0 aliphatic rings. The van der Waals surface area contributed by atoms with Gasteiger partial charge in [0.15, 0.2) is 5.03 Å². The van der Waals surface area contributed by atoms with Gasteiger partial charge in [0, 0.05) is 5.56 Å². The van der Waals surface area contributed by atoms with Gasteiger partial charge in [-0.05, 0) is 29.3 Å². The molecule has 0 atom stereocenters. The number of para-hydroxylation sites is 1. The molecule has 0 bridgehead atoms. The Morgan fingerprint density at radius 3 is 2.14 bits per heavy atom. The third-order valence-corrected chi connectivity index (χ3v) is 2.77. The number of nitrogens with two attached hydrogens (primary N) is 1. The number of hydrogen-bond acceptors (Lipinski definition) is 4. The molecule has 0 radical (unpaired) electrons. The molecule has 0 aliphatic carbocycles. The van der Waals surface area contributed by atoms with Gasteiger partial charge in [0.25, 0.3) is 5.91 Å². The van der Waals surface area contributed by atoms with Gasteiger partial charge in [-0.2, -0.15) is 0 Å². The van der Waals surface area contributed by atoms with Crippen molar-refractivity contribution in [2.24, 2.45) is 5.73 Å².